The van der Waals surface area contributed by atoms with Crippen LogP contribution in [-0.4, -0.2) is 14.4 Å². The lowest BCUT2D eigenvalue weighted by molar-refractivity contribution is 0.204. The van der Waals surface area contributed by atoms with Crippen LogP contribution in [0.1, 0.15) is 34.1 Å². The smallest absolute Gasteiger partial charge is 0.192 e. The molecule has 0 rings (SSSR count). The zero-order valence-corrected chi connectivity index (χ0v) is 10.6. The van der Waals surface area contributed by atoms with Crippen LogP contribution in [-0.2, 0) is 4.43 Å². The molecule has 0 radical (unpaired) electrons. The third kappa shape index (κ3) is 3.92. The Balaban J connectivity index is 4.27. The Bertz CT molecular complexity index is 200. The minimum absolute atomic E-state index is 0.0749. The number of nitrogens with zero attached hydrogens (tertiary/aromatic N) is 1. The average Bonchev–Trinajstić information content (AvgIpc) is 1.83. The van der Waals surface area contributed by atoms with Gasteiger partial charge in [-0.3, -0.25) is 0 Å². The summed E-state index contributed by atoms with van der Waals surface area (Å²) in [7, 11) is -1.66. The molecule has 0 unspecified atom stereocenters. The van der Waals surface area contributed by atoms with Crippen molar-refractivity contribution in [3.8, 4) is 6.07 Å². The van der Waals surface area contributed by atoms with Gasteiger partial charge in [-0.1, -0.05) is 20.8 Å². The van der Waals surface area contributed by atoms with Crippen LogP contribution >= 0.6 is 0 Å². The van der Waals surface area contributed by atoms with Crippen molar-refractivity contribution in [2.24, 2.45) is 0 Å². The molecular formula is C10H21NOSi. The summed E-state index contributed by atoms with van der Waals surface area (Å²) in [5.41, 5.74) is 0. The molecule has 2 nitrogen and oxygen atoms in total. The topological polar surface area (TPSA) is 33.0 Å². The molecular weight excluding hydrogens is 178 g/mol. The predicted octanol–water partition coefficient (Wildman–Crippen LogP) is 3.31. The Kier molecular flexibility index (Phi) is 4.14. The fourth-order valence-corrected chi connectivity index (χ4v) is 2.29. The molecule has 0 saturated carbocycles. The predicted molar refractivity (Wildman–Crippen MR) is 58.0 cm³/mol. The SMILES string of the molecule is C[C@H](CC#N)O[Si](C)(C)C(C)(C)C. The summed E-state index contributed by atoms with van der Waals surface area (Å²) in [6.07, 6.45) is 0.567. The lowest BCUT2D eigenvalue weighted by atomic mass is 10.2. The van der Waals surface area contributed by atoms with E-state index < -0.39 is 8.32 Å². The molecule has 0 amide bonds. The first kappa shape index (κ1) is 12.7. The zero-order chi connectivity index (χ0) is 10.7. The van der Waals surface area contributed by atoms with Crippen LogP contribution in [0.15, 0.2) is 0 Å². The number of nitriles is 1. The van der Waals surface area contributed by atoms with Gasteiger partial charge in [0.05, 0.1) is 18.6 Å². The van der Waals surface area contributed by atoms with Gasteiger partial charge in [-0.05, 0) is 25.1 Å². The van der Waals surface area contributed by atoms with Gasteiger partial charge in [0.1, 0.15) is 0 Å². The van der Waals surface area contributed by atoms with Crippen molar-refractivity contribution in [3.05, 3.63) is 0 Å². The van der Waals surface area contributed by atoms with Crippen LogP contribution in [0.3, 0.4) is 0 Å². The van der Waals surface area contributed by atoms with E-state index in [0.717, 1.165) is 0 Å². The summed E-state index contributed by atoms with van der Waals surface area (Å²) in [5.74, 6) is 0. The first-order valence-electron chi connectivity index (χ1n) is 4.75. The van der Waals surface area contributed by atoms with E-state index in [1.165, 1.54) is 0 Å². The molecule has 0 aliphatic rings. The van der Waals surface area contributed by atoms with Crippen LogP contribution in [0.2, 0.25) is 18.1 Å². The summed E-state index contributed by atoms with van der Waals surface area (Å²) in [4.78, 5) is 0. The van der Waals surface area contributed by atoms with Gasteiger partial charge in [-0.15, -0.1) is 0 Å². The van der Waals surface area contributed by atoms with Crippen molar-refractivity contribution < 1.29 is 4.43 Å². The third-order valence-corrected chi connectivity index (χ3v) is 7.28. The van der Waals surface area contributed by atoms with Gasteiger partial charge >= 0.3 is 0 Å². The maximum atomic E-state index is 8.52. The molecule has 0 saturated heterocycles. The summed E-state index contributed by atoms with van der Waals surface area (Å²) >= 11 is 0. The number of hydrogen-bond donors (Lipinski definition) is 0. The van der Waals surface area contributed by atoms with Crippen molar-refractivity contribution in [1.82, 2.24) is 0 Å². The first-order chi connectivity index (χ1) is 5.70. The molecule has 0 aromatic rings. The largest absolute Gasteiger partial charge is 0.413 e. The maximum absolute atomic E-state index is 8.52. The highest BCUT2D eigenvalue weighted by atomic mass is 28.4. The van der Waals surface area contributed by atoms with Crippen LogP contribution in [0.4, 0.5) is 0 Å². The highest BCUT2D eigenvalue weighted by Crippen LogP contribution is 2.37. The molecule has 0 bridgehead atoms. The Labute approximate surface area is 83.0 Å². The van der Waals surface area contributed by atoms with E-state index in [0.29, 0.717) is 6.42 Å². The average molecular weight is 199 g/mol. The molecule has 0 aromatic carbocycles. The molecule has 0 fully saturated rings. The van der Waals surface area contributed by atoms with Crippen LogP contribution in [0, 0.1) is 11.3 Å². The van der Waals surface area contributed by atoms with E-state index in [1.807, 2.05) is 6.92 Å². The van der Waals surface area contributed by atoms with Crippen molar-refractivity contribution in [1.29, 1.82) is 5.26 Å². The molecule has 0 aliphatic carbocycles. The first-order valence-corrected chi connectivity index (χ1v) is 7.66. The van der Waals surface area contributed by atoms with Crippen LogP contribution in [0.5, 0.6) is 0 Å². The molecule has 76 valence electrons. The zero-order valence-electron chi connectivity index (χ0n) is 9.64. The van der Waals surface area contributed by atoms with E-state index in [9.17, 15) is 0 Å². The molecule has 0 aliphatic heterocycles. The van der Waals surface area contributed by atoms with Gasteiger partial charge < -0.3 is 4.43 Å². The molecule has 13 heavy (non-hydrogen) atoms. The summed E-state index contributed by atoms with van der Waals surface area (Å²) in [6, 6.07) is 2.14. The normalized spacial score (nSPS) is 15.2. The fraction of sp³-hybridized carbons (Fsp3) is 0.900. The van der Waals surface area contributed by atoms with Gasteiger partial charge in [-0.25, -0.2) is 0 Å². The van der Waals surface area contributed by atoms with E-state index in [-0.39, 0.29) is 11.1 Å². The minimum atomic E-state index is -1.66. The van der Waals surface area contributed by atoms with Gasteiger partial charge in [0.25, 0.3) is 0 Å². The third-order valence-electron chi connectivity index (χ3n) is 2.68. The van der Waals surface area contributed by atoms with Gasteiger partial charge in [-0.2, -0.15) is 5.26 Å². The van der Waals surface area contributed by atoms with E-state index in [1.54, 1.807) is 0 Å². The Hall–Kier alpha value is -0.333. The van der Waals surface area contributed by atoms with E-state index in [2.05, 4.69) is 39.9 Å². The number of rotatable bonds is 3. The van der Waals surface area contributed by atoms with Gasteiger partial charge in [0.15, 0.2) is 8.32 Å². The summed E-state index contributed by atoms with van der Waals surface area (Å²) in [6.45, 7) is 13.0. The van der Waals surface area contributed by atoms with Crippen LogP contribution in [0.25, 0.3) is 0 Å². The number of hydrogen-bond acceptors (Lipinski definition) is 2. The van der Waals surface area contributed by atoms with Crippen LogP contribution < -0.4 is 0 Å². The minimum Gasteiger partial charge on any atom is -0.413 e. The van der Waals surface area contributed by atoms with E-state index >= 15 is 0 Å². The second-order valence-electron chi connectivity index (χ2n) is 5.05. The standard InChI is InChI=1S/C10H21NOSi/c1-9(7-8-11)12-13(5,6)10(2,3)4/h9H,7H2,1-6H3/t9-/m1/s1. The summed E-state index contributed by atoms with van der Waals surface area (Å²) in [5, 5.41) is 8.75. The van der Waals surface area contributed by atoms with E-state index in [4.69, 9.17) is 9.69 Å². The van der Waals surface area contributed by atoms with Gasteiger partial charge in [0, 0.05) is 0 Å². The molecule has 3 heteroatoms. The highest BCUT2D eigenvalue weighted by molar-refractivity contribution is 6.74. The maximum Gasteiger partial charge on any atom is 0.192 e. The molecule has 0 heterocycles. The lowest BCUT2D eigenvalue weighted by Gasteiger charge is -2.38. The Morgan fingerprint density at radius 3 is 2.15 bits per heavy atom. The summed E-state index contributed by atoms with van der Waals surface area (Å²) < 4.78 is 5.96. The van der Waals surface area contributed by atoms with Crippen molar-refractivity contribution in [2.45, 2.75) is 58.4 Å². The van der Waals surface area contributed by atoms with Crippen molar-refractivity contribution in [2.75, 3.05) is 0 Å². The lowest BCUT2D eigenvalue weighted by Crippen LogP contribution is -2.43. The quantitative estimate of drug-likeness (QED) is 0.653. The fourth-order valence-electron chi connectivity index (χ4n) is 0.850. The molecule has 1 atom stereocenters. The van der Waals surface area contributed by atoms with Crippen molar-refractivity contribution in [3.63, 3.8) is 0 Å². The Morgan fingerprint density at radius 1 is 1.38 bits per heavy atom. The molecule has 0 N–H and O–H groups in total. The second-order valence-corrected chi connectivity index (χ2v) is 9.81. The van der Waals surface area contributed by atoms with Crippen molar-refractivity contribution >= 4 is 8.32 Å². The molecule has 0 aromatic heterocycles. The molecule has 0 spiro atoms. The monoisotopic (exact) mass is 199 g/mol. The Morgan fingerprint density at radius 2 is 1.85 bits per heavy atom. The highest BCUT2D eigenvalue weighted by Gasteiger charge is 2.38. The van der Waals surface area contributed by atoms with Gasteiger partial charge in [0.2, 0.25) is 0 Å². The second kappa shape index (κ2) is 4.25.